The highest BCUT2D eigenvalue weighted by Crippen LogP contribution is 2.31. The van der Waals surface area contributed by atoms with Gasteiger partial charge in [-0.05, 0) is 12.5 Å². The van der Waals surface area contributed by atoms with Gasteiger partial charge in [0.25, 0.3) is 5.91 Å². The summed E-state index contributed by atoms with van der Waals surface area (Å²) in [6.07, 6.45) is 5.63. The Labute approximate surface area is 138 Å². The largest absolute Gasteiger partial charge is 0.471 e. The molecule has 24 heavy (non-hydrogen) atoms. The summed E-state index contributed by atoms with van der Waals surface area (Å²) in [6, 6.07) is 0. The first-order valence-electron chi connectivity index (χ1n) is 7.92. The van der Waals surface area contributed by atoms with Crippen LogP contribution in [-0.4, -0.2) is 42.7 Å². The number of hydrogen-bond donors (Lipinski definition) is 2. The fourth-order valence-electron chi connectivity index (χ4n) is 3.07. The normalized spacial score (nSPS) is 17.1. The topological polar surface area (TPSA) is 104 Å². The average Bonchev–Trinajstić information content (AvgIpc) is 3.33. The third-order valence-corrected chi connectivity index (χ3v) is 4.43. The van der Waals surface area contributed by atoms with E-state index in [0.29, 0.717) is 24.5 Å². The van der Waals surface area contributed by atoms with Gasteiger partial charge in [-0.25, -0.2) is 4.98 Å². The first kappa shape index (κ1) is 14.7. The third kappa shape index (κ3) is 2.31. The Kier molecular flexibility index (Phi) is 3.44. The fraction of sp³-hybridized carbons (Fsp3) is 0.375. The minimum absolute atomic E-state index is 0.0515. The second kappa shape index (κ2) is 5.63. The maximum Gasteiger partial charge on any atom is 0.257 e. The molecule has 0 saturated carbocycles. The maximum absolute atomic E-state index is 12.8. The SMILES string of the molecule is CCc1nc(C2CN(C(=O)c3cocc3C)Cc3cn[nH]c32)n[nH]1. The van der Waals surface area contributed by atoms with E-state index in [2.05, 4.69) is 25.4 Å². The van der Waals surface area contributed by atoms with E-state index >= 15 is 0 Å². The molecule has 1 amide bonds. The van der Waals surface area contributed by atoms with Crippen molar-refractivity contribution in [3.63, 3.8) is 0 Å². The van der Waals surface area contributed by atoms with Gasteiger partial charge in [-0.2, -0.15) is 10.2 Å². The molecule has 0 fully saturated rings. The quantitative estimate of drug-likeness (QED) is 0.763. The zero-order chi connectivity index (χ0) is 16.7. The smallest absolute Gasteiger partial charge is 0.257 e. The van der Waals surface area contributed by atoms with E-state index in [9.17, 15) is 4.79 Å². The lowest BCUT2D eigenvalue weighted by Gasteiger charge is -2.31. The van der Waals surface area contributed by atoms with Gasteiger partial charge in [-0.3, -0.25) is 15.0 Å². The number of rotatable bonds is 3. The number of furan rings is 1. The minimum Gasteiger partial charge on any atom is -0.471 e. The number of aryl methyl sites for hydroxylation is 2. The number of amides is 1. The summed E-state index contributed by atoms with van der Waals surface area (Å²) in [7, 11) is 0. The van der Waals surface area contributed by atoms with Crippen LogP contribution in [0.1, 0.15) is 51.7 Å². The van der Waals surface area contributed by atoms with Gasteiger partial charge in [-0.15, -0.1) is 0 Å². The van der Waals surface area contributed by atoms with Gasteiger partial charge in [0.1, 0.15) is 12.1 Å². The fourth-order valence-corrected chi connectivity index (χ4v) is 3.07. The van der Waals surface area contributed by atoms with E-state index < -0.39 is 0 Å². The first-order chi connectivity index (χ1) is 11.7. The highest BCUT2D eigenvalue weighted by atomic mass is 16.3. The van der Waals surface area contributed by atoms with Crippen LogP contribution in [0, 0.1) is 6.92 Å². The zero-order valence-electron chi connectivity index (χ0n) is 13.5. The second-order valence-corrected chi connectivity index (χ2v) is 6.01. The van der Waals surface area contributed by atoms with E-state index in [0.717, 1.165) is 29.1 Å². The van der Waals surface area contributed by atoms with Crippen LogP contribution in [0.3, 0.4) is 0 Å². The Balaban J connectivity index is 1.68. The molecule has 2 N–H and O–H groups in total. The summed E-state index contributed by atoms with van der Waals surface area (Å²) in [5.74, 6) is 1.34. The summed E-state index contributed by atoms with van der Waals surface area (Å²) >= 11 is 0. The number of hydrogen-bond acceptors (Lipinski definition) is 5. The van der Waals surface area contributed by atoms with Crippen molar-refractivity contribution < 1.29 is 9.21 Å². The Morgan fingerprint density at radius 1 is 1.42 bits per heavy atom. The van der Waals surface area contributed by atoms with Crippen LogP contribution in [0.2, 0.25) is 0 Å². The van der Waals surface area contributed by atoms with Gasteiger partial charge in [-0.1, -0.05) is 6.92 Å². The number of nitrogens with zero attached hydrogens (tertiary/aromatic N) is 4. The van der Waals surface area contributed by atoms with Crippen LogP contribution in [-0.2, 0) is 13.0 Å². The van der Waals surface area contributed by atoms with E-state index in [4.69, 9.17) is 4.42 Å². The summed E-state index contributed by atoms with van der Waals surface area (Å²) in [5, 5.41) is 14.4. The molecular formula is C16H18N6O2. The maximum atomic E-state index is 12.8. The third-order valence-electron chi connectivity index (χ3n) is 4.43. The molecular weight excluding hydrogens is 308 g/mol. The number of carbonyl (C=O) groups is 1. The van der Waals surface area contributed by atoms with Crippen molar-refractivity contribution >= 4 is 5.91 Å². The zero-order valence-corrected chi connectivity index (χ0v) is 13.5. The summed E-state index contributed by atoms with van der Waals surface area (Å²) in [6.45, 7) is 4.89. The molecule has 0 saturated heterocycles. The molecule has 1 atom stereocenters. The molecule has 3 aromatic heterocycles. The number of H-pyrrole nitrogens is 2. The minimum atomic E-state index is -0.121. The molecule has 0 bridgehead atoms. The second-order valence-electron chi connectivity index (χ2n) is 6.01. The van der Waals surface area contributed by atoms with Crippen molar-refractivity contribution in [2.75, 3.05) is 6.54 Å². The number of aromatic amines is 2. The molecule has 0 spiro atoms. The average molecular weight is 326 g/mol. The predicted molar refractivity (Wildman–Crippen MR) is 84.4 cm³/mol. The lowest BCUT2D eigenvalue weighted by atomic mass is 9.95. The highest BCUT2D eigenvalue weighted by Gasteiger charge is 2.34. The monoisotopic (exact) mass is 326 g/mol. The van der Waals surface area contributed by atoms with E-state index in [1.165, 1.54) is 6.26 Å². The highest BCUT2D eigenvalue weighted by molar-refractivity contribution is 5.95. The Hall–Kier alpha value is -2.90. The lowest BCUT2D eigenvalue weighted by molar-refractivity contribution is 0.0721. The number of aromatic nitrogens is 5. The van der Waals surface area contributed by atoms with Crippen LogP contribution in [0.4, 0.5) is 0 Å². The Morgan fingerprint density at radius 3 is 3.00 bits per heavy atom. The molecule has 8 nitrogen and oxygen atoms in total. The van der Waals surface area contributed by atoms with Crippen LogP contribution in [0.5, 0.6) is 0 Å². The van der Waals surface area contributed by atoms with Crippen molar-refractivity contribution in [1.82, 2.24) is 30.3 Å². The van der Waals surface area contributed by atoms with Crippen molar-refractivity contribution in [1.29, 1.82) is 0 Å². The van der Waals surface area contributed by atoms with Gasteiger partial charge in [0.15, 0.2) is 5.82 Å². The molecule has 4 rings (SSSR count). The molecule has 8 heteroatoms. The molecule has 1 aliphatic heterocycles. The first-order valence-corrected chi connectivity index (χ1v) is 7.92. The Morgan fingerprint density at radius 2 is 2.29 bits per heavy atom. The molecule has 124 valence electrons. The van der Waals surface area contributed by atoms with E-state index in [-0.39, 0.29) is 11.8 Å². The van der Waals surface area contributed by atoms with Crippen LogP contribution < -0.4 is 0 Å². The van der Waals surface area contributed by atoms with E-state index in [1.807, 2.05) is 13.8 Å². The molecule has 4 heterocycles. The van der Waals surface area contributed by atoms with Crippen LogP contribution in [0.15, 0.2) is 23.1 Å². The van der Waals surface area contributed by atoms with Crippen LogP contribution >= 0.6 is 0 Å². The molecule has 1 unspecified atom stereocenters. The van der Waals surface area contributed by atoms with Gasteiger partial charge in [0, 0.05) is 25.1 Å². The summed E-state index contributed by atoms with van der Waals surface area (Å²) in [5.41, 5.74) is 3.39. The molecule has 0 aromatic carbocycles. The number of nitrogens with one attached hydrogen (secondary N) is 2. The van der Waals surface area contributed by atoms with Gasteiger partial charge in [0.2, 0.25) is 0 Å². The standard InChI is InChI=1S/C16H18N6O2/c1-3-13-18-15(21-19-13)11-6-22(5-10-4-17-20-14(10)11)16(23)12-8-24-7-9(12)2/h4,7-8,11H,3,5-6H2,1-2H3,(H,17,20)(H,18,19,21). The summed E-state index contributed by atoms with van der Waals surface area (Å²) < 4.78 is 5.15. The van der Waals surface area contributed by atoms with Gasteiger partial charge >= 0.3 is 0 Å². The summed E-state index contributed by atoms with van der Waals surface area (Å²) in [4.78, 5) is 19.2. The van der Waals surface area contributed by atoms with Crippen molar-refractivity contribution in [3.8, 4) is 0 Å². The van der Waals surface area contributed by atoms with Crippen molar-refractivity contribution in [2.45, 2.75) is 32.7 Å². The van der Waals surface area contributed by atoms with E-state index in [1.54, 1.807) is 17.4 Å². The number of fused-ring (bicyclic) bond motifs is 1. The van der Waals surface area contributed by atoms with Gasteiger partial charge in [0.05, 0.1) is 29.6 Å². The van der Waals surface area contributed by atoms with Gasteiger partial charge < -0.3 is 9.32 Å². The molecule has 3 aromatic rings. The van der Waals surface area contributed by atoms with Crippen LogP contribution in [0.25, 0.3) is 0 Å². The molecule has 0 aliphatic carbocycles. The molecule has 1 aliphatic rings. The number of carbonyl (C=O) groups excluding carboxylic acids is 1. The lowest BCUT2D eigenvalue weighted by Crippen LogP contribution is -2.38. The van der Waals surface area contributed by atoms with Crippen molar-refractivity contribution in [2.24, 2.45) is 0 Å². The predicted octanol–water partition coefficient (Wildman–Crippen LogP) is 1.78. The Bertz CT molecular complexity index is 877. The molecule has 0 radical (unpaired) electrons. The van der Waals surface area contributed by atoms with Crippen molar-refractivity contribution in [3.05, 3.63) is 52.8 Å².